The highest BCUT2D eigenvalue weighted by atomic mass is 16.6. The fraction of sp³-hybridized carbons (Fsp3) is 0.111. The summed E-state index contributed by atoms with van der Waals surface area (Å²) in [5.74, 6) is -0.531. The van der Waals surface area contributed by atoms with Crippen molar-refractivity contribution in [2.24, 2.45) is 0 Å². The van der Waals surface area contributed by atoms with Crippen LogP contribution < -0.4 is 5.73 Å². The van der Waals surface area contributed by atoms with Crippen molar-refractivity contribution >= 4 is 17.2 Å². The monoisotopic (exact) mass is 205 g/mol. The Morgan fingerprint density at radius 3 is 2.60 bits per heavy atom. The normalized spacial score (nSPS) is 9.33. The van der Waals surface area contributed by atoms with Gasteiger partial charge in [0.1, 0.15) is 17.2 Å². The number of Topliss-reactive ketones (excluding diaryl/α,β-unsaturated/α-hetero) is 1. The van der Waals surface area contributed by atoms with Crippen LogP contribution in [0.5, 0.6) is 0 Å². The smallest absolute Gasteiger partial charge is 0.299 e. The van der Waals surface area contributed by atoms with E-state index in [2.05, 4.69) is 0 Å². The molecular formula is C9H7N3O3. The molecule has 0 aromatic heterocycles. The average Bonchev–Trinajstić information content (AvgIpc) is 2.16. The molecule has 0 aliphatic heterocycles. The number of rotatable bonds is 2. The zero-order chi connectivity index (χ0) is 11.6. The van der Waals surface area contributed by atoms with E-state index in [0.29, 0.717) is 0 Å². The van der Waals surface area contributed by atoms with Gasteiger partial charge in [-0.1, -0.05) is 0 Å². The third kappa shape index (κ3) is 1.76. The molecule has 0 heterocycles. The maximum Gasteiger partial charge on any atom is 0.299 e. The quantitative estimate of drug-likeness (QED) is 0.338. The number of ketones is 1. The Balaban J connectivity index is 3.68. The minimum Gasteiger partial charge on any atom is -0.398 e. The number of nitriles is 1. The van der Waals surface area contributed by atoms with Crippen LogP contribution in [0, 0.1) is 21.4 Å². The molecule has 1 aromatic carbocycles. The summed E-state index contributed by atoms with van der Waals surface area (Å²) in [6.07, 6.45) is 0. The highest BCUT2D eigenvalue weighted by molar-refractivity contribution is 6.03. The number of nitro benzene ring substituents is 1. The first kappa shape index (κ1) is 10.7. The molecule has 0 spiro atoms. The molecule has 0 fully saturated rings. The van der Waals surface area contributed by atoms with Crippen LogP contribution in [0.3, 0.4) is 0 Å². The van der Waals surface area contributed by atoms with Gasteiger partial charge < -0.3 is 5.73 Å². The molecular weight excluding hydrogens is 198 g/mol. The van der Waals surface area contributed by atoms with Crippen molar-refractivity contribution in [3.63, 3.8) is 0 Å². The molecule has 0 radical (unpaired) electrons. The van der Waals surface area contributed by atoms with Crippen molar-refractivity contribution in [1.29, 1.82) is 5.26 Å². The van der Waals surface area contributed by atoms with Gasteiger partial charge in [0.25, 0.3) is 5.69 Å². The van der Waals surface area contributed by atoms with E-state index in [4.69, 9.17) is 11.0 Å². The number of benzene rings is 1. The van der Waals surface area contributed by atoms with Gasteiger partial charge in [-0.3, -0.25) is 14.9 Å². The average molecular weight is 205 g/mol. The second-order valence-electron chi connectivity index (χ2n) is 2.85. The maximum atomic E-state index is 11.2. The Hall–Kier alpha value is -2.42. The highest BCUT2D eigenvalue weighted by Gasteiger charge is 2.24. The van der Waals surface area contributed by atoms with Gasteiger partial charge in [-0.25, -0.2) is 0 Å². The van der Waals surface area contributed by atoms with Crippen LogP contribution in [-0.4, -0.2) is 10.7 Å². The Morgan fingerprint density at radius 2 is 2.20 bits per heavy atom. The number of carbonyl (C=O) groups is 1. The number of hydrogen-bond acceptors (Lipinski definition) is 5. The van der Waals surface area contributed by atoms with E-state index in [9.17, 15) is 14.9 Å². The molecule has 15 heavy (non-hydrogen) atoms. The van der Waals surface area contributed by atoms with Crippen molar-refractivity contribution in [1.82, 2.24) is 0 Å². The Bertz CT molecular complexity index is 488. The second-order valence-corrected chi connectivity index (χ2v) is 2.85. The van der Waals surface area contributed by atoms with Crippen LogP contribution in [0.2, 0.25) is 0 Å². The molecule has 0 aliphatic rings. The zero-order valence-electron chi connectivity index (χ0n) is 7.85. The van der Waals surface area contributed by atoms with Crippen molar-refractivity contribution in [3.8, 4) is 6.07 Å². The molecule has 1 rings (SSSR count). The van der Waals surface area contributed by atoms with Gasteiger partial charge in [0, 0.05) is 5.69 Å². The number of nitrogens with two attached hydrogens (primary N) is 1. The molecule has 76 valence electrons. The third-order valence-corrected chi connectivity index (χ3v) is 1.87. The molecule has 0 saturated carbocycles. The van der Waals surface area contributed by atoms with E-state index in [-0.39, 0.29) is 16.8 Å². The van der Waals surface area contributed by atoms with Crippen molar-refractivity contribution in [2.75, 3.05) is 5.73 Å². The Labute approximate surface area is 85.1 Å². The number of carbonyl (C=O) groups excluding carboxylic acids is 1. The maximum absolute atomic E-state index is 11.2. The summed E-state index contributed by atoms with van der Waals surface area (Å²) in [5, 5.41) is 19.4. The van der Waals surface area contributed by atoms with Crippen LogP contribution in [-0.2, 0) is 0 Å². The van der Waals surface area contributed by atoms with Crippen LogP contribution in [0.25, 0.3) is 0 Å². The summed E-state index contributed by atoms with van der Waals surface area (Å²) >= 11 is 0. The lowest BCUT2D eigenvalue weighted by molar-refractivity contribution is -0.385. The highest BCUT2D eigenvalue weighted by Crippen LogP contribution is 2.28. The Morgan fingerprint density at radius 1 is 1.60 bits per heavy atom. The van der Waals surface area contributed by atoms with Gasteiger partial charge in [0.05, 0.1) is 4.92 Å². The summed E-state index contributed by atoms with van der Waals surface area (Å²) in [6.45, 7) is 1.17. The minimum absolute atomic E-state index is 0.00759. The molecule has 0 aliphatic carbocycles. The zero-order valence-corrected chi connectivity index (χ0v) is 7.85. The SMILES string of the molecule is CC(=O)c1c(N)ccc(C#N)c1[N+](=O)[O-]. The van der Waals surface area contributed by atoms with E-state index in [1.54, 1.807) is 6.07 Å². The van der Waals surface area contributed by atoms with Crippen molar-refractivity contribution in [2.45, 2.75) is 6.92 Å². The lowest BCUT2D eigenvalue weighted by Gasteiger charge is -2.03. The number of nitrogen functional groups attached to an aromatic ring is 1. The predicted molar refractivity (Wildman–Crippen MR) is 52.2 cm³/mol. The lowest BCUT2D eigenvalue weighted by atomic mass is 10.0. The van der Waals surface area contributed by atoms with E-state index < -0.39 is 16.4 Å². The topological polar surface area (TPSA) is 110 Å². The van der Waals surface area contributed by atoms with Crippen LogP contribution in [0.1, 0.15) is 22.8 Å². The summed E-state index contributed by atoms with van der Waals surface area (Å²) in [6, 6.07) is 4.18. The van der Waals surface area contributed by atoms with Gasteiger partial charge in [-0.2, -0.15) is 5.26 Å². The lowest BCUT2D eigenvalue weighted by Crippen LogP contribution is -2.06. The van der Waals surface area contributed by atoms with Crippen LogP contribution >= 0.6 is 0 Å². The molecule has 2 N–H and O–H groups in total. The summed E-state index contributed by atoms with van der Waals surface area (Å²) in [7, 11) is 0. The predicted octanol–water partition coefficient (Wildman–Crippen LogP) is 1.25. The van der Waals surface area contributed by atoms with Crippen LogP contribution in [0.15, 0.2) is 12.1 Å². The fourth-order valence-corrected chi connectivity index (χ4v) is 1.26. The van der Waals surface area contributed by atoms with E-state index in [1.165, 1.54) is 19.1 Å². The van der Waals surface area contributed by atoms with E-state index >= 15 is 0 Å². The van der Waals surface area contributed by atoms with Gasteiger partial charge in [-0.15, -0.1) is 0 Å². The van der Waals surface area contributed by atoms with Crippen molar-refractivity contribution < 1.29 is 9.72 Å². The number of nitrogens with zero attached hydrogens (tertiary/aromatic N) is 2. The van der Waals surface area contributed by atoms with Gasteiger partial charge >= 0.3 is 0 Å². The summed E-state index contributed by atoms with van der Waals surface area (Å²) < 4.78 is 0. The van der Waals surface area contributed by atoms with Crippen LogP contribution in [0.4, 0.5) is 11.4 Å². The molecule has 1 aromatic rings. The number of hydrogen-bond donors (Lipinski definition) is 1. The first-order valence-electron chi connectivity index (χ1n) is 3.97. The summed E-state index contributed by atoms with van der Waals surface area (Å²) in [5.41, 5.74) is 4.56. The first-order chi connectivity index (χ1) is 6.99. The molecule has 0 amide bonds. The third-order valence-electron chi connectivity index (χ3n) is 1.87. The number of nitro groups is 1. The minimum atomic E-state index is -0.772. The number of anilines is 1. The molecule has 6 nitrogen and oxygen atoms in total. The standard InChI is InChI=1S/C9H7N3O3/c1-5(13)8-7(11)3-2-6(4-10)9(8)12(14)15/h2-3H,11H2,1H3. The van der Waals surface area contributed by atoms with E-state index in [1.807, 2.05) is 0 Å². The van der Waals surface area contributed by atoms with Gasteiger partial charge in [0.15, 0.2) is 5.78 Å². The Kier molecular flexibility index (Phi) is 2.67. The van der Waals surface area contributed by atoms with E-state index in [0.717, 1.165) is 0 Å². The second kappa shape index (κ2) is 3.75. The first-order valence-corrected chi connectivity index (χ1v) is 3.97. The molecule has 0 bridgehead atoms. The molecule has 0 saturated heterocycles. The molecule has 0 unspecified atom stereocenters. The van der Waals surface area contributed by atoms with Crippen molar-refractivity contribution in [3.05, 3.63) is 33.4 Å². The molecule has 0 atom stereocenters. The van der Waals surface area contributed by atoms with Gasteiger partial charge in [-0.05, 0) is 19.1 Å². The molecule has 6 heteroatoms. The van der Waals surface area contributed by atoms with Gasteiger partial charge in [0.2, 0.25) is 0 Å². The fourth-order valence-electron chi connectivity index (χ4n) is 1.26. The largest absolute Gasteiger partial charge is 0.398 e. The summed E-state index contributed by atoms with van der Waals surface area (Å²) in [4.78, 5) is 21.1.